The first-order valence-corrected chi connectivity index (χ1v) is 7.04. The van der Waals surface area contributed by atoms with Crippen molar-refractivity contribution in [2.45, 2.75) is 39.2 Å². The van der Waals surface area contributed by atoms with Gasteiger partial charge in [0.15, 0.2) is 0 Å². The second kappa shape index (κ2) is 4.45. The van der Waals surface area contributed by atoms with Crippen molar-refractivity contribution < 1.29 is 4.79 Å². The van der Waals surface area contributed by atoms with Crippen LogP contribution >= 0.6 is 0 Å². The molecule has 2 aliphatic rings. The van der Waals surface area contributed by atoms with Crippen molar-refractivity contribution in [2.24, 2.45) is 24.8 Å². The van der Waals surface area contributed by atoms with E-state index < -0.39 is 0 Å². The number of carbonyl (C=O) groups excluding carboxylic acids is 1. The highest BCUT2D eigenvalue weighted by atomic mass is 16.1. The Labute approximate surface area is 109 Å². The van der Waals surface area contributed by atoms with Gasteiger partial charge in [0, 0.05) is 24.4 Å². The molecule has 2 aliphatic carbocycles. The Morgan fingerprint density at radius 3 is 2.78 bits per heavy atom. The van der Waals surface area contributed by atoms with Gasteiger partial charge < -0.3 is 9.88 Å². The van der Waals surface area contributed by atoms with Crippen molar-refractivity contribution >= 4 is 5.91 Å². The smallest absolute Gasteiger partial charge is 0.223 e. The molecule has 2 bridgehead atoms. The molecule has 3 rings (SSSR count). The van der Waals surface area contributed by atoms with Crippen molar-refractivity contribution in [2.75, 3.05) is 0 Å². The van der Waals surface area contributed by atoms with Gasteiger partial charge in [0.05, 0.1) is 6.54 Å². The molecule has 2 fully saturated rings. The molecule has 2 saturated carbocycles. The molecule has 98 valence electrons. The molecule has 3 heteroatoms. The summed E-state index contributed by atoms with van der Waals surface area (Å²) in [5.74, 6) is 2.08. The van der Waals surface area contributed by atoms with Crippen molar-refractivity contribution in [3.8, 4) is 0 Å². The van der Waals surface area contributed by atoms with E-state index in [1.54, 1.807) is 0 Å². The second-order valence-electron chi connectivity index (χ2n) is 6.02. The molecule has 1 amide bonds. The Morgan fingerprint density at radius 1 is 1.39 bits per heavy atom. The molecule has 1 heterocycles. The average Bonchev–Trinajstić information content (AvgIpc) is 3.05. The molecule has 0 aliphatic heterocycles. The maximum Gasteiger partial charge on any atom is 0.223 e. The summed E-state index contributed by atoms with van der Waals surface area (Å²) >= 11 is 0. The molecule has 3 nitrogen and oxygen atoms in total. The molecule has 1 aromatic heterocycles. The minimum absolute atomic E-state index is 0.279. The molecule has 0 spiro atoms. The molecule has 1 N–H and O–H groups in total. The van der Waals surface area contributed by atoms with Gasteiger partial charge in [-0.2, -0.15) is 0 Å². The van der Waals surface area contributed by atoms with E-state index in [4.69, 9.17) is 0 Å². The Morgan fingerprint density at radius 2 is 2.22 bits per heavy atom. The summed E-state index contributed by atoms with van der Waals surface area (Å²) in [6.07, 6.45) is 5.04. The molecule has 3 atom stereocenters. The largest absolute Gasteiger partial charge is 0.350 e. The van der Waals surface area contributed by atoms with E-state index in [2.05, 4.69) is 28.9 Å². The van der Waals surface area contributed by atoms with Gasteiger partial charge in [0.25, 0.3) is 0 Å². The molecule has 18 heavy (non-hydrogen) atoms. The van der Waals surface area contributed by atoms with Crippen LogP contribution in [0.15, 0.2) is 12.1 Å². The first kappa shape index (κ1) is 11.8. The highest BCUT2D eigenvalue weighted by Gasteiger charge is 2.42. The number of amides is 1. The van der Waals surface area contributed by atoms with Gasteiger partial charge in [0.1, 0.15) is 0 Å². The summed E-state index contributed by atoms with van der Waals surface area (Å²) in [7, 11) is 2.05. The van der Waals surface area contributed by atoms with Gasteiger partial charge >= 0.3 is 0 Å². The second-order valence-corrected chi connectivity index (χ2v) is 6.02. The Kier molecular flexibility index (Phi) is 2.92. The molecule has 1 aromatic rings. The highest BCUT2D eigenvalue weighted by Crippen LogP contribution is 2.48. The number of fused-ring (bicyclic) bond motifs is 2. The quantitative estimate of drug-likeness (QED) is 0.873. The van der Waals surface area contributed by atoms with E-state index in [-0.39, 0.29) is 5.91 Å². The standard InChI is InChI=1S/C15H22N2O/c1-10-3-6-13(17(10)2)9-16-15(18)14-8-11-4-5-12(14)7-11/h3,6,11-12,14H,4-5,7-9H2,1-2H3,(H,16,18). The minimum Gasteiger partial charge on any atom is -0.350 e. The van der Waals surface area contributed by atoms with Gasteiger partial charge in [-0.1, -0.05) is 6.42 Å². The Balaban J connectivity index is 1.57. The van der Waals surface area contributed by atoms with Gasteiger partial charge in [-0.05, 0) is 50.2 Å². The summed E-state index contributed by atoms with van der Waals surface area (Å²) in [5, 5.41) is 3.12. The maximum absolute atomic E-state index is 12.2. The monoisotopic (exact) mass is 246 g/mol. The van der Waals surface area contributed by atoms with Crippen LogP contribution in [0.3, 0.4) is 0 Å². The lowest BCUT2D eigenvalue weighted by Crippen LogP contribution is -2.33. The van der Waals surface area contributed by atoms with E-state index >= 15 is 0 Å². The van der Waals surface area contributed by atoms with Crippen LogP contribution in [0.25, 0.3) is 0 Å². The van der Waals surface area contributed by atoms with Gasteiger partial charge in [-0.25, -0.2) is 0 Å². The maximum atomic E-state index is 12.2. The zero-order chi connectivity index (χ0) is 12.7. The number of carbonyl (C=O) groups is 1. The van der Waals surface area contributed by atoms with Crippen LogP contribution in [0.4, 0.5) is 0 Å². The van der Waals surface area contributed by atoms with E-state index in [9.17, 15) is 4.79 Å². The minimum atomic E-state index is 0.279. The van der Waals surface area contributed by atoms with Crippen LogP contribution in [-0.2, 0) is 18.4 Å². The number of nitrogens with one attached hydrogen (secondary N) is 1. The predicted molar refractivity (Wildman–Crippen MR) is 70.9 cm³/mol. The predicted octanol–water partition coefficient (Wildman–Crippen LogP) is 2.39. The zero-order valence-electron chi connectivity index (χ0n) is 11.3. The lowest BCUT2D eigenvalue weighted by molar-refractivity contribution is -0.126. The molecule has 0 radical (unpaired) electrons. The third-order valence-corrected chi connectivity index (χ3v) is 5.00. The van der Waals surface area contributed by atoms with E-state index in [1.165, 1.54) is 30.7 Å². The normalized spacial score (nSPS) is 29.8. The van der Waals surface area contributed by atoms with Crippen molar-refractivity contribution in [1.82, 2.24) is 9.88 Å². The topological polar surface area (TPSA) is 34.0 Å². The first-order valence-electron chi connectivity index (χ1n) is 7.04. The summed E-state index contributed by atoms with van der Waals surface area (Å²) in [6.45, 7) is 2.75. The van der Waals surface area contributed by atoms with Crippen LogP contribution in [0.1, 0.15) is 37.1 Å². The van der Waals surface area contributed by atoms with E-state index in [1.807, 2.05) is 7.05 Å². The average molecular weight is 246 g/mol. The van der Waals surface area contributed by atoms with Crippen LogP contribution in [-0.4, -0.2) is 10.5 Å². The molecule has 0 saturated heterocycles. The highest BCUT2D eigenvalue weighted by molar-refractivity contribution is 5.79. The van der Waals surface area contributed by atoms with Crippen LogP contribution in [0.5, 0.6) is 0 Å². The number of rotatable bonds is 3. The van der Waals surface area contributed by atoms with Crippen LogP contribution < -0.4 is 5.32 Å². The summed E-state index contributed by atoms with van der Waals surface area (Å²) in [5.41, 5.74) is 2.42. The Bertz CT molecular complexity index is 463. The van der Waals surface area contributed by atoms with Crippen molar-refractivity contribution in [1.29, 1.82) is 0 Å². The number of nitrogens with zero attached hydrogens (tertiary/aromatic N) is 1. The van der Waals surface area contributed by atoms with Crippen molar-refractivity contribution in [3.05, 3.63) is 23.5 Å². The van der Waals surface area contributed by atoms with E-state index in [0.717, 1.165) is 12.3 Å². The third-order valence-electron chi connectivity index (χ3n) is 5.00. The lowest BCUT2D eigenvalue weighted by Gasteiger charge is -2.20. The summed E-state index contributed by atoms with van der Waals surface area (Å²) in [6, 6.07) is 4.19. The third kappa shape index (κ3) is 1.96. The molecule has 0 aromatic carbocycles. The zero-order valence-corrected chi connectivity index (χ0v) is 11.3. The summed E-state index contributed by atoms with van der Waals surface area (Å²) in [4.78, 5) is 12.2. The van der Waals surface area contributed by atoms with Gasteiger partial charge in [0.2, 0.25) is 5.91 Å². The fraction of sp³-hybridized carbons (Fsp3) is 0.667. The number of hydrogen-bond acceptors (Lipinski definition) is 1. The molecular formula is C15H22N2O. The summed E-state index contributed by atoms with van der Waals surface area (Å²) < 4.78 is 2.14. The Hall–Kier alpha value is -1.25. The lowest BCUT2D eigenvalue weighted by atomic mass is 9.88. The SMILES string of the molecule is Cc1ccc(CNC(=O)C2CC3CCC2C3)n1C. The number of hydrogen-bond donors (Lipinski definition) is 1. The molecular weight excluding hydrogens is 224 g/mol. The number of aromatic nitrogens is 1. The fourth-order valence-electron chi connectivity index (χ4n) is 3.72. The van der Waals surface area contributed by atoms with Crippen LogP contribution in [0, 0.1) is 24.7 Å². The van der Waals surface area contributed by atoms with Crippen molar-refractivity contribution in [3.63, 3.8) is 0 Å². The molecule has 3 unspecified atom stereocenters. The van der Waals surface area contributed by atoms with Gasteiger partial charge in [-0.3, -0.25) is 4.79 Å². The number of aryl methyl sites for hydroxylation is 1. The first-order chi connectivity index (χ1) is 8.65. The van der Waals surface area contributed by atoms with Crippen LogP contribution in [0.2, 0.25) is 0 Å². The fourth-order valence-corrected chi connectivity index (χ4v) is 3.72. The van der Waals surface area contributed by atoms with E-state index in [0.29, 0.717) is 18.4 Å². The van der Waals surface area contributed by atoms with Gasteiger partial charge in [-0.15, -0.1) is 0 Å².